The van der Waals surface area contributed by atoms with Crippen LogP contribution in [0.5, 0.6) is 11.5 Å². The summed E-state index contributed by atoms with van der Waals surface area (Å²) >= 11 is 0. The summed E-state index contributed by atoms with van der Waals surface area (Å²) in [4.78, 5) is 29.1. The van der Waals surface area contributed by atoms with Crippen LogP contribution in [0.3, 0.4) is 0 Å². The van der Waals surface area contributed by atoms with Crippen molar-refractivity contribution in [2.45, 2.75) is 6.04 Å². The molecule has 2 aliphatic rings. The molecular weight excluding hydrogens is 424 g/mol. The van der Waals surface area contributed by atoms with Crippen molar-refractivity contribution in [3.63, 3.8) is 0 Å². The van der Waals surface area contributed by atoms with Gasteiger partial charge in [-0.3, -0.25) is 9.59 Å². The number of methoxy groups -OCH3 is 2. The maximum absolute atomic E-state index is 13.4. The summed E-state index contributed by atoms with van der Waals surface area (Å²) in [5.74, 6) is -0.845. The van der Waals surface area contributed by atoms with Crippen LogP contribution >= 0.6 is 0 Å². The number of Topliss-reactive ketones (excluding diaryl/α,β-unsaturated/α-hetero) is 1. The molecule has 2 aliphatic heterocycles. The largest absolute Gasteiger partial charge is 0.872 e. The molecule has 0 radical (unpaired) electrons. The van der Waals surface area contributed by atoms with Crippen molar-refractivity contribution in [2.24, 2.45) is 0 Å². The van der Waals surface area contributed by atoms with Crippen molar-refractivity contribution < 1.29 is 33.8 Å². The topological polar surface area (TPSA) is 92.6 Å². The van der Waals surface area contributed by atoms with Crippen LogP contribution in [0.4, 0.5) is 0 Å². The standard InChI is InChI=1S/C25H28N2O6/c1-31-18-8-9-19(20(16-18)32-2)22-21(23(28)17-6-4-3-5-7-17)24(29)25(30)27(22)11-10-26-12-14-33-15-13-26/h3-9,16,22,28H,10-15H2,1-2H3/b23-21+. The fourth-order valence-electron chi connectivity index (χ4n) is 4.40. The summed E-state index contributed by atoms with van der Waals surface area (Å²) in [5, 5.41) is 13.4. The molecule has 0 aliphatic carbocycles. The Labute approximate surface area is 193 Å². The van der Waals surface area contributed by atoms with Gasteiger partial charge in [0.25, 0.3) is 5.91 Å². The van der Waals surface area contributed by atoms with Gasteiger partial charge >= 0.3 is 0 Å². The summed E-state index contributed by atoms with van der Waals surface area (Å²) in [6.07, 6.45) is 0. The van der Waals surface area contributed by atoms with Gasteiger partial charge in [0.1, 0.15) is 24.6 Å². The number of hydrogen-bond donors (Lipinski definition) is 1. The minimum absolute atomic E-state index is 0.0494. The van der Waals surface area contributed by atoms with Gasteiger partial charge in [0.05, 0.1) is 46.6 Å². The number of hydrogen-bond acceptors (Lipinski definition) is 6. The highest BCUT2D eigenvalue weighted by atomic mass is 16.5. The van der Waals surface area contributed by atoms with E-state index in [1.54, 1.807) is 55.6 Å². The van der Waals surface area contributed by atoms with Gasteiger partial charge in [0, 0.05) is 17.2 Å². The van der Waals surface area contributed by atoms with Crippen molar-refractivity contribution in [3.05, 3.63) is 65.2 Å². The van der Waals surface area contributed by atoms with Crippen molar-refractivity contribution in [1.29, 1.82) is 0 Å². The zero-order chi connectivity index (χ0) is 23.4. The molecule has 2 aromatic carbocycles. The first-order valence-electron chi connectivity index (χ1n) is 11.0. The van der Waals surface area contributed by atoms with Crippen LogP contribution in [0, 0.1) is 0 Å². The number of carbonyl (C=O) groups is 2. The van der Waals surface area contributed by atoms with E-state index in [-0.39, 0.29) is 5.57 Å². The summed E-state index contributed by atoms with van der Waals surface area (Å²) in [6, 6.07) is 12.9. The number of ether oxygens (including phenoxy) is 3. The SMILES string of the molecule is COc1ccc(C2/C(=C(\[O-])c3ccccc3)C(=O)C(=O)N2CC[NH+]2CCOCC2)c(OC)c1. The fourth-order valence-corrected chi connectivity index (χ4v) is 4.40. The second-order valence-electron chi connectivity index (χ2n) is 8.06. The van der Waals surface area contributed by atoms with E-state index in [4.69, 9.17) is 14.2 Å². The predicted octanol–water partition coefficient (Wildman–Crippen LogP) is -0.157. The molecule has 0 saturated carbocycles. The second-order valence-corrected chi connectivity index (χ2v) is 8.06. The van der Waals surface area contributed by atoms with E-state index in [0.29, 0.717) is 48.9 Å². The lowest BCUT2D eigenvalue weighted by Crippen LogP contribution is -3.14. The van der Waals surface area contributed by atoms with E-state index in [1.807, 2.05) is 0 Å². The molecule has 2 aromatic rings. The van der Waals surface area contributed by atoms with Crippen molar-refractivity contribution >= 4 is 17.4 Å². The Hall–Kier alpha value is -3.36. The molecule has 33 heavy (non-hydrogen) atoms. The Balaban J connectivity index is 1.79. The Morgan fingerprint density at radius 3 is 2.48 bits per heavy atom. The van der Waals surface area contributed by atoms with Crippen LogP contribution in [0.1, 0.15) is 17.2 Å². The average Bonchev–Trinajstić information content (AvgIpc) is 3.12. The third kappa shape index (κ3) is 4.58. The Morgan fingerprint density at radius 1 is 1.09 bits per heavy atom. The zero-order valence-electron chi connectivity index (χ0n) is 18.8. The molecule has 8 nitrogen and oxygen atoms in total. The van der Waals surface area contributed by atoms with Gasteiger partial charge in [-0.05, 0) is 17.7 Å². The smallest absolute Gasteiger partial charge is 0.295 e. The van der Waals surface area contributed by atoms with Gasteiger partial charge in [0.15, 0.2) is 0 Å². The quantitative estimate of drug-likeness (QED) is 0.357. The third-order valence-corrected chi connectivity index (χ3v) is 6.21. The molecule has 0 aromatic heterocycles. The summed E-state index contributed by atoms with van der Waals surface area (Å²) in [5.41, 5.74) is 0.896. The molecule has 1 atom stereocenters. The maximum atomic E-state index is 13.4. The van der Waals surface area contributed by atoms with E-state index in [1.165, 1.54) is 16.9 Å². The molecule has 8 heteroatoms. The van der Waals surface area contributed by atoms with Gasteiger partial charge in [-0.15, -0.1) is 0 Å². The van der Waals surface area contributed by atoms with Crippen molar-refractivity contribution in [3.8, 4) is 11.5 Å². The highest BCUT2D eigenvalue weighted by molar-refractivity contribution is 6.46. The molecule has 0 bridgehead atoms. The number of carbonyl (C=O) groups excluding carboxylic acids is 2. The number of morpholine rings is 1. The molecule has 1 amide bonds. The number of nitrogens with one attached hydrogen (secondary N) is 1. The first-order chi connectivity index (χ1) is 16.0. The highest BCUT2D eigenvalue weighted by Gasteiger charge is 2.45. The number of rotatable bonds is 7. The van der Waals surface area contributed by atoms with Gasteiger partial charge < -0.3 is 29.1 Å². The third-order valence-electron chi connectivity index (χ3n) is 6.21. The van der Waals surface area contributed by atoms with E-state index < -0.39 is 23.5 Å². The van der Waals surface area contributed by atoms with E-state index in [2.05, 4.69) is 0 Å². The van der Waals surface area contributed by atoms with Crippen LogP contribution in [-0.4, -0.2) is 70.2 Å². The van der Waals surface area contributed by atoms with E-state index in [9.17, 15) is 14.7 Å². The number of amides is 1. The Kier molecular flexibility index (Phi) is 6.96. The Bertz CT molecular complexity index is 1050. The van der Waals surface area contributed by atoms with Gasteiger partial charge in [-0.1, -0.05) is 36.1 Å². The molecule has 4 rings (SSSR count). The zero-order valence-corrected chi connectivity index (χ0v) is 18.8. The monoisotopic (exact) mass is 452 g/mol. The average molecular weight is 453 g/mol. The molecule has 2 heterocycles. The number of nitrogens with zero attached hydrogens (tertiary/aromatic N) is 1. The molecule has 2 fully saturated rings. The van der Waals surface area contributed by atoms with E-state index in [0.717, 1.165) is 13.1 Å². The van der Waals surface area contributed by atoms with Gasteiger partial charge in [-0.2, -0.15) is 0 Å². The normalized spacial score (nSPS) is 20.8. The summed E-state index contributed by atoms with van der Waals surface area (Å²) < 4.78 is 16.3. The van der Waals surface area contributed by atoms with Crippen molar-refractivity contribution in [2.75, 3.05) is 53.6 Å². The Morgan fingerprint density at radius 2 is 1.82 bits per heavy atom. The lowest BCUT2D eigenvalue weighted by molar-refractivity contribution is -0.907. The van der Waals surface area contributed by atoms with Crippen LogP contribution < -0.4 is 19.5 Å². The number of ketones is 1. The minimum atomic E-state index is -0.834. The molecule has 174 valence electrons. The minimum Gasteiger partial charge on any atom is -0.872 e. The predicted molar refractivity (Wildman–Crippen MR) is 119 cm³/mol. The fraction of sp³-hybridized carbons (Fsp3) is 0.360. The number of likely N-dealkylation sites (tertiary alicyclic amines) is 1. The molecular formula is C25H28N2O6. The van der Waals surface area contributed by atoms with Crippen molar-refractivity contribution in [1.82, 2.24) is 4.90 Å². The summed E-state index contributed by atoms with van der Waals surface area (Å²) in [7, 11) is 3.06. The lowest BCUT2D eigenvalue weighted by Gasteiger charge is -2.30. The van der Waals surface area contributed by atoms with Crippen LogP contribution in [0.2, 0.25) is 0 Å². The van der Waals surface area contributed by atoms with Gasteiger partial charge in [0.2, 0.25) is 5.78 Å². The number of benzene rings is 2. The lowest BCUT2D eigenvalue weighted by atomic mass is 9.94. The van der Waals surface area contributed by atoms with Crippen LogP contribution in [0.15, 0.2) is 54.1 Å². The maximum Gasteiger partial charge on any atom is 0.295 e. The van der Waals surface area contributed by atoms with Gasteiger partial charge in [-0.25, -0.2) is 0 Å². The van der Waals surface area contributed by atoms with Crippen LogP contribution in [-0.2, 0) is 14.3 Å². The highest BCUT2D eigenvalue weighted by Crippen LogP contribution is 2.42. The molecule has 1 N–H and O–H groups in total. The second kappa shape index (κ2) is 10.1. The number of quaternary nitrogens is 1. The van der Waals surface area contributed by atoms with Crippen LogP contribution in [0.25, 0.3) is 5.76 Å². The molecule has 0 spiro atoms. The first-order valence-corrected chi connectivity index (χ1v) is 11.0. The molecule has 1 unspecified atom stereocenters. The summed E-state index contributed by atoms with van der Waals surface area (Å²) in [6.45, 7) is 4.01. The van der Waals surface area contributed by atoms with E-state index >= 15 is 0 Å². The first kappa shape index (κ1) is 22.8. The molecule has 2 saturated heterocycles.